The third kappa shape index (κ3) is 1.17. The standard InChI is InChI=1S/C7H7N3O/c1-4-7(5(2)11)6(3-8)10-9-4/h4H,1-2H3/t4-/m1/s1. The van der Waals surface area contributed by atoms with E-state index in [0.717, 1.165) is 0 Å². The Balaban J connectivity index is 3.10. The zero-order valence-electron chi connectivity index (χ0n) is 6.33. The summed E-state index contributed by atoms with van der Waals surface area (Å²) >= 11 is 0. The molecule has 0 aliphatic carbocycles. The van der Waals surface area contributed by atoms with Crippen LogP contribution < -0.4 is 0 Å². The van der Waals surface area contributed by atoms with Crippen LogP contribution in [0.25, 0.3) is 0 Å². The van der Waals surface area contributed by atoms with E-state index < -0.39 is 0 Å². The molecule has 0 aromatic rings. The molecule has 56 valence electrons. The number of hydrogen-bond acceptors (Lipinski definition) is 4. The number of carbonyl (C=O) groups excluding carboxylic acids is 1. The molecule has 1 heterocycles. The summed E-state index contributed by atoms with van der Waals surface area (Å²) in [6.07, 6.45) is 0. The summed E-state index contributed by atoms with van der Waals surface area (Å²) in [4.78, 5) is 10.9. The van der Waals surface area contributed by atoms with Gasteiger partial charge in [-0.05, 0) is 13.8 Å². The molecular weight excluding hydrogens is 142 g/mol. The highest BCUT2D eigenvalue weighted by atomic mass is 16.1. The molecule has 0 saturated heterocycles. The number of nitrogens with zero attached hydrogens (tertiary/aromatic N) is 3. The molecule has 0 saturated carbocycles. The fourth-order valence-corrected chi connectivity index (χ4v) is 0.997. The van der Waals surface area contributed by atoms with Crippen molar-refractivity contribution in [2.45, 2.75) is 19.9 Å². The molecule has 1 aliphatic rings. The first-order valence-electron chi connectivity index (χ1n) is 3.23. The molecule has 0 bridgehead atoms. The molecule has 0 fully saturated rings. The maximum absolute atomic E-state index is 10.9. The van der Waals surface area contributed by atoms with E-state index in [1.807, 2.05) is 6.07 Å². The Kier molecular flexibility index (Phi) is 1.81. The van der Waals surface area contributed by atoms with Crippen LogP contribution in [-0.4, -0.2) is 11.8 Å². The predicted octanol–water partition coefficient (Wildman–Crippen LogP) is 1.21. The van der Waals surface area contributed by atoms with Gasteiger partial charge in [-0.25, -0.2) is 0 Å². The first kappa shape index (κ1) is 7.61. The van der Waals surface area contributed by atoms with E-state index in [1.54, 1.807) is 6.92 Å². The Morgan fingerprint density at radius 1 is 1.73 bits per heavy atom. The van der Waals surface area contributed by atoms with Crippen LogP contribution in [0.4, 0.5) is 0 Å². The summed E-state index contributed by atoms with van der Waals surface area (Å²) in [5.41, 5.74) is 0.581. The smallest absolute Gasteiger partial charge is 0.171 e. The Morgan fingerprint density at radius 3 is 2.73 bits per heavy atom. The van der Waals surface area contributed by atoms with Crippen LogP contribution in [0.5, 0.6) is 0 Å². The zero-order valence-corrected chi connectivity index (χ0v) is 6.33. The molecule has 0 aromatic heterocycles. The lowest BCUT2D eigenvalue weighted by atomic mass is 10.1. The largest absolute Gasteiger partial charge is 0.295 e. The van der Waals surface area contributed by atoms with E-state index in [4.69, 9.17) is 5.26 Å². The maximum Gasteiger partial charge on any atom is 0.171 e. The maximum atomic E-state index is 10.9. The summed E-state index contributed by atoms with van der Waals surface area (Å²) in [7, 11) is 0. The third-order valence-electron chi connectivity index (χ3n) is 1.49. The van der Waals surface area contributed by atoms with Crippen LogP contribution in [0, 0.1) is 11.3 Å². The Bertz CT molecular complexity index is 295. The molecule has 0 spiro atoms. The van der Waals surface area contributed by atoms with Crippen molar-refractivity contribution in [3.05, 3.63) is 11.3 Å². The van der Waals surface area contributed by atoms with Crippen molar-refractivity contribution in [3.63, 3.8) is 0 Å². The first-order valence-corrected chi connectivity index (χ1v) is 3.23. The van der Waals surface area contributed by atoms with Gasteiger partial charge < -0.3 is 0 Å². The quantitative estimate of drug-likeness (QED) is 0.562. The van der Waals surface area contributed by atoms with Gasteiger partial charge in [0, 0.05) is 0 Å². The second-order valence-electron chi connectivity index (χ2n) is 2.32. The lowest BCUT2D eigenvalue weighted by Crippen LogP contribution is -2.08. The van der Waals surface area contributed by atoms with Gasteiger partial charge in [0.25, 0.3) is 0 Å². The van der Waals surface area contributed by atoms with Crippen LogP contribution >= 0.6 is 0 Å². The summed E-state index contributed by atoms with van der Waals surface area (Å²) in [5, 5.41) is 15.7. The number of rotatable bonds is 1. The number of nitriles is 1. The molecule has 1 atom stereocenters. The fourth-order valence-electron chi connectivity index (χ4n) is 0.997. The number of hydrogen-bond donors (Lipinski definition) is 0. The fraction of sp³-hybridized carbons (Fsp3) is 0.429. The second kappa shape index (κ2) is 2.62. The number of Topliss-reactive ketones (excluding diaryl/α,β-unsaturated/α-hetero) is 1. The minimum Gasteiger partial charge on any atom is -0.295 e. The van der Waals surface area contributed by atoms with Crippen molar-refractivity contribution in [2.24, 2.45) is 10.2 Å². The van der Waals surface area contributed by atoms with Gasteiger partial charge in [0.2, 0.25) is 0 Å². The van der Waals surface area contributed by atoms with Gasteiger partial charge >= 0.3 is 0 Å². The first-order chi connectivity index (χ1) is 5.16. The molecular formula is C7H7N3O. The molecule has 1 aliphatic heterocycles. The van der Waals surface area contributed by atoms with Gasteiger partial charge in [0.15, 0.2) is 11.5 Å². The normalized spacial score (nSPS) is 22.1. The van der Waals surface area contributed by atoms with E-state index in [0.29, 0.717) is 5.57 Å². The van der Waals surface area contributed by atoms with Gasteiger partial charge in [-0.3, -0.25) is 4.79 Å². The molecule has 0 N–H and O–H groups in total. The average molecular weight is 149 g/mol. The van der Waals surface area contributed by atoms with Crippen LogP contribution in [0.2, 0.25) is 0 Å². The zero-order chi connectivity index (χ0) is 8.43. The second-order valence-corrected chi connectivity index (χ2v) is 2.32. The minimum absolute atomic E-state index is 0.126. The monoisotopic (exact) mass is 149 g/mol. The highest BCUT2D eigenvalue weighted by molar-refractivity contribution is 5.96. The van der Waals surface area contributed by atoms with Gasteiger partial charge in [-0.1, -0.05) is 0 Å². The van der Waals surface area contributed by atoms with Crippen molar-refractivity contribution in [2.75, 3.05) is 0 Å². The van der Waals surface area contributed by atoms with E-state index in [1.165, 1.54) is 6.92 Å². The molecule has 0 aromatic carbocycles. The van der Waals surface area contributed by atoms with E-state index in [9.17, 15) is 4.79 Å². The third-order valence-corrected chi connectivity index (χ3v) is 1.49. The minimum atomic E-state index is -0.248. The van der Waals surface area contributed by atoms with Crippen LogP contribution in [0.1, 0.15) is 13.8 Å². The molecule has 4 heteroatoms. The average Bonchev–Trinajstić information content (AvgIpc) is 2.30. The lowest BCUT2D eigenvalue weighted by molar-refractivity contribution is -0.113. The van der Waals surface area contributed by atoms with Crippen LogP contribution in [0.3, 0.4) is 0 Å². The molecule has 0 amide bonds. The van der Waals surface area contributed by atoms with Gasteiger partial charge in [0.05, 0.1) is 11.6 Å². The number of ketones is 1. The summed E-state index contributed by atoms with van der Waals surface area (Å²) < 4.78 is 0. The highest BCUT2D eigenvalue weighted by Crippen LogP contribution is 2.21. The number of carbonyl (C=O) groups is 1. The van der Waals surface area contributed by atoms with Gasteiger partial charge in [-0.2, -0.15) is 10.4 Å². The predicted molar refractivity (Wildman–Crippen MR) is 37.6 cm³/mol. The topological polar surface area (TPSA) is 65.6 Å². The Labute approximate surface area is 64.2 Å². The van der Waals surface area contributed by atoms with E-state index in [-0.39, 0.29) is 17.5 Å². The van der Waals surface area contributed by atoms with Crippen molar-refractivity contribution in [3.8, 4) is 6.07 Å². The molecule has 1 rings (SSSR count). The summed E-state index contributed by atoms with van der Waals surface area (Å²) in [6, 6.07) is 1.58. The Hall–Kier alpha value is -1.50. The van der Waals surface area contributed by atoms with Crippen molar-refractivity contribution >= 4 is 5.78 Å². The molecule has 0 unspecified atom stereocenters. The lowest BCUT2D eigenvalue weighted by Gasteiger charge is -1.98. The number of azo groups is 1. The highest BCUT2D eigenvalue weighted by Gasteiger charge is 2.23. The SMILES string of the molecule is CC(=O)C1=C(C#N)N=N[C@@H]1C. The molecule has 0 radical (unpaired) electrons. The number of allylic oxidation sites excluding steroid dienone is 1. The summed E-state index contributed by atoms with van der Waals surface area (Å²) in [5.74, 6) is -0.126. The van der Waals surface area contributed by atoms with Crippen LogP contribution in [0.15, 0.2) is 21.5 Å². The van der Waals surface area contributed by atoms with Crippen molar-refractivity contribution < 1.29 is 4.79 Å². The molecule has 11 heavy (non-hydrogen) atoms. The van der Waals surface area contributed by atoms with Gasteiger partial charge in [-0.15, -0.1) is 5.11 Å². The Morgan fingerprint density at radius 2 is 2.36 bits per heavy atom. The van der Waals surface area contributed by atoms with E-state index in [2.05, 4.69) is 10.2 Å². The van der Waals surface area contributed by atoms with Gasteiger partial charge in [0.1, 0.15) is 6.07 Å². The van der Waals surface area contributed by atoms with E-state index >= 15 is 0 Å². The summed E-state index contributed by atoms with van der Waals surface area (Å²) in [6.45, 7) is 3.16. The van der Waals surface area contributed by atoms with Crippen LogP contribution in [-0.2, 0) is 4.79 Å². The molecule has 4 nitrogen and oxygen atoms in total. The van der Waals surface area contributed by atoms with Crippen molar-refractivity contribution in [1.82, 2.24) is 0 Å². The van der Waals surface area contributed by atoms with Crippen molar-refractivity contribution in [1.29, 1.82) is 5.26 Å².